The molecule has 0 aromatic heterocycles. The fourth-order valence-corrected chi connectivity index (χ4v) is 10.5. The van der Waals surface area contributed by atoms with E-state index in [4.69, 9.17) is 78.3 Å². The first-order chi connectivity index (χ1) is 32.5. The van der Waals surface area contributed by atoms with Gasteiger partial charge in [-0.15, -0.1) is 0 Å². The van der Waals surface area contributed by atoms with Crippen molar-refractivity contribution in [3.8, 4) is 0 Å². The van der Waals surface area contributed by atoms with Crippen LogP contribution in [0.3, 0.4) is 0 Å². The maximum atomic E-state index is 13.4. The average Bonchev–Trinajstić information content (AvgIpc) is 3.94. The number of hydrogen-bond donors (Lipinski definition) is 0. The predicted octanol–water partition coefficient (Wildman–Crippen LogP) is 8.81. The Morgan fingerprint density at radius 1 is 0.603 bits per heavy atom. The van der Waals surface area contributed by atoms with Crippen molar-refractivity contribution in [2.45, 2.75) is 40.4 Å². The Hall–Kier alpha value is -5.69. The molecular formula is C47H37Cl3N4O10S4. The van der Waals surface area contributed by atoms with Crippen LogP contribution in [0.1, 0.15) is 48.1 Å². The first-order valence-corrected chi connectivity index (χ1v) is 24.0. The van der Waals surface area contributed by atoms with Crippen LogP contribution in [0.15, 0.2) is 94.7 Å². The lowest BCUT2D eigenvalue weighted by atomic mass is 10.1. The van der Waals surface area contributed by atoms with Crippen molar-refractivity contribution in [3.63, 3.8) is 0 Å². The van der Waals surface area contributed by atoms with Crippen molar-refractivity contribution in [2.24, 2.45) is 0 Å². The van der Waals surface area contributed by atoms with Crippen LogP contribution in [0.25, 0.3) is 11.1 Å². The van der Waals surface area contributed by atoms with Crippen molar-refractivity contribution >= 4 is 156 Å². The van der Waals surface area contributed by atoms with Crippen LogP contribution in [-0.2, 0) is 61.0 Å². The molecule has 4 aromatic rings. The molecule has 0 unspecified atom stereocenters. The van der Waals surface area contributed by atoms with Gasteiger partial charge < -0.3 is 9.47 Å². The van der Waals surface area contributed by atoms with Gasteiger partial charge in [-0.2, -0.15) is 9.59 Å². The molecule has 21 heteroatoms. The minimum Gasteiger partial charge on any atom is -0.459 e. The van der Waals surface area contributed by atoms with E-state index >= 15 is 0 Å². The number of carbonyl (C=O) groups is 6. The zero-order chi connectivity index (χ0) is 49.4. The van der Waals surface area contributed by atoms with Crippen LogP contribution < -0.4 is 9.80 Å². The zero-order valence-corrected chi connectivity index (χ0v) is 41.7. The number of thioether (sulfide) groups is 2. The minimum absolute atomic E-state index is 0.0496. The number of ether oxygens (including phenoxy) is 2. The number of thiocarbonyl (C=S) groups is 2. The van der Waals surface area contributed by atoms with Gasteiger partial charge in [0.05, 0.1) is 32.3 Å². The highest BCUT2D eigenvalue weighted by Gasteiger charge is 2.44. The average molecular weight is 1050 g/mol. The number of nitrogens with zero attached hydrogens (tertiary/aromatic N) is 4. The van der Waals surface area contributed by atoms with Crippen molar-refractivity contribution < 1.29 is 47.8 Å². The van der Waals surface area contributed by atoms with Gasteiger partial charge >= 0.3 is 18.1 Å². The van der Waals surface area contributed by atoms with Crippen LogP contribution >= 0.6 is 82.8 Å². The molecule has 4 amide bonds. The Morgan fingerprint density at radius 3 is 1.51 bits per heavy atom. The second-order valence-electron chi connectivity index (χ2n) is 14.8. The molecule has 0 bridgehead atoms. The Kier molecular flexibility index (Phi) is 17.5. The number of halogens is 3. The topological polar surface area (TPSA) is 168 Å². The lowest BCUT2D eigenvalue weighted by Crippen LogP contribution is -2.34. The van der Waals surface area contributed by atoms with Gasteiger partial charge in [0.25, 0.3) is 23.6 Å². The molecule has 4 aliphatic rings. The third-order valence-corrected chi connectivity index (χ3v) is 13.9. The molecule has 14 nitrogen and oxygen atoms in total. The number of anilines is 2. The number of hydrogen-bond acceptors (Lipinski definition) is 14. The summed E-state index contributed by atoms with van der Waals surface area (Å²) in [6.45, 7) is 6.17. The molecule has 0 radical (unpaired) electrons. The van der Waals surface area contributed by atoms with Crippen molar-refractivity contribution in [2.75, 3.05) is 36.0 Å². The number of carbonyl (C=O) groups excluding carboxylic acids is 8. The summed E-state index contributed by atoms with van der Waals surface area (Å²) in [4.78, 5) is 100. The summed E-state index contributed by atoms with van der Waals surface area (Å²) in [5, 5.41) is 1.42. The van der Waals surface area contributed by atoms with Crippen molar-refractivity contribution in [3.05, 3.63) is 138 Å². The van der Waals surface area contributed by atoms with Gasteiger partial charge in [0, 0.05) is 39.3 Å². The summed E-state index contributed by atoms with van der Waals surface area (Å²) in [6, 6.07) is 24.4. The highest BCUT2D eigenvalue weighted by Crippen LogP contribution is 2.47. The molecule has 2 saturated heterocycles. The third kappa shape index (κ3) is 11.6. The molecule has 2 fully saturated rings. The molecule has 4 heterocycles. The second-order valence-corrected chi connectivity index (χ2v) is 19.4. The third-order valence-electron chi connectivity index (χ3n) is 10.2. The Labute approximate surface area is 424 Å². The van der Waals surface area contributed by atoms with Crippen molar-refractivity contribution in [1.82, 2.24) is 9.80 Å². The number of likely N-dealkylation sites (N-methyl/N-ethyl adjacent to an activating group) is 1. The molecular weight excluding hydrogens is 1020 g/mol. The van der Waals surface area contributed by atoms with Gasteiger partial charge in [-0.25, -0.2) is 0 Å². The fraction of sp³-hybridized carbons (Fsp3) is 0.213. The quantitative estimate of drug-likeness (QED) is 0.0794. The van der Waals surface area contributed by atoms with Crippen molar-refractivity contribution in [1.29, 1.82) is 0 Å². The summed E-state index contributed by atoms with van der Waals surface area (Å²) < 4.78 is 11.5. The van der Waals surface area contributed by atoms with Gasteiger partial charge in [0.2, 0.25) is 0 Å². The van der Waals surface area contributed by atoms with E-state index < -0.39 is 23.8 Å². The van der Waals surface area contributed by atoms with E-state index in [1.165, 1.54) is 19.6 Å². The second kappa shape index (κ2) is 23.1. The Balaban J connectivity index is 0.000000212. The van der Waals surface area contributed by atoms with E-state index in [-0.39, 0.29) is 65.2 Å². The molecule has 0 aliphatic carbocycles. The van der Waals surface area contributed by atoms with Crippen LogP contribution in [-0.4, -0.2) is 86.3 Å². The molecule has 0 saturated carbocycles. The molecule has 0 N–H and O–H groups in total. The first kappa shape index (κ1) is 51.7. The summed E-state index contributed by atoms with van der Waals surface area (Å²) in [5.74, 6) is -2.69. The predicted molar refractivity (Wildman–Crippen MR) is 268 cm³/mol. The number of fused-ring (bicyclic) bond motifs is 2. The lowest BCUT2D eigenvalue weighted by molar-refractivity contribution is -0.191. The van der Waals surface area contributed by atoms with Gasteiger partial charge in [-0.1, -0.05) is 132 Å². The lowest BCUT2D eigenvalue weighted by Gasteiger charge is -2.16. The van der Waals surface area contributed by atoms with Crippen LogP contribution in [0.5, 0.6) is 0 Å². The fourth-order valence-electron chi connectivity index (χ4n) is 7.21. The summed E-state index contributed by atoms with van der Waals surface area (Å²) in [5.41, 5.74) is 5.10. The Morgan fingerprint density at radius 2 is 1.06 bits per heavy atom. The molecule has 4 aliphatic heterocycles. The van der Waals surface area contributed by atoms with Gasteiger partial charge in [0.1, 0.15) is 34.9 Å². The number of esters is 2. The van der Waals surface area contributed by atoms with E-state index in [1.54, 1.807) is 60.7 Å². The van der Waals surface area contributed by atoms with E-state index in [0.717, 1.165) is 46.6 Å². The van der Waals surface area contributed by atoms with E-state index in [1.807, 2.05) is 45.0 Å². The molecule has 68 heavy (non-hydrogen) atoms. The first-order valence-electron chi connectivity index (χ1n) is 20.4. The normalized spacial score (nSPS) is 17.1. The number of aryl methyl sites for hydroxylation is 1. The van der Waals surface area contributed by atoms with Crippen LogP contribution in [0.2, 0.25) is 15.1 Å². The van der Waals surface area contributed by atoms with Crippen LogP contribution in [0, 0.1) is 6.92 Å². The number of benzene rings is 4. The van der Waals surface area contributed by atoms with E-state index in [9.17, 15) is 28.8 Å². The van der Waals surface area contributed by atoms with Crippen LogP contribution in [0.4, 0.5) is 11.4 Å². The number of rotatable bonds is 11. The maximum Gasteiger partial charge on any atom is 0.373 e. The maximum absolute atomic E-state index is 13.4. The monoisotopic (exact) mass is 1050 g/mol. The largest absolute Gasteiger partial charge is 0.459 e. The highest BCUT2D eigenvalue weighted by molar-refractivity contribution is 8.27. The standard InChI is InChI=1S/C23H18Cl2N2O4S2.C23H19ClN2O4S2.CO2/c1-2-9-26-22(30)20(33-23(26)32)19-16-10-15(25)7-8-17(16)27(21(19)29)11-18(28)31-12-13-3-5-14(24)6-4-13;1-3-25-22(29)20(32-23(25)31)19-16-10-15(24)7-8-17(16)26(21(19)28)11-18(27)30-12-14-6-4-5-13(2)9-14;2-1-3/h3-8,10H,2,9,11-12H2,1H3;4-10H,3,11-12H2,1-2H3;/b2*20-19-;. The molecule has 0 atom stereocenters. The SMILES string of the molecule is CCCN1C(=O)/C(=C2/C(=O)N(CC(=O)OCc3ccc(Cl)cc3)c3ccc(Cl)cc32)SC1=S.CCN1C(=O)/C(=C2/C(=O)N(CC(=O)OCc3cccc(C)c3)c3ccc(Cl)cc32)SC1=S.O=C=O. The van der Waals surface area contributed by atoms with E-state index in [0.29, 0.717) is 59.3 Å². The van der Waals surface area contributed by atoms with Gasteiger partial charge in [-0.05, 0) is 79.9 Å². The molecule has 4 aromatic carbocycles. The molecule has 350 valence electrons. The number of amides is 4. The van der Waals surface area contributed by atoms with Gasteiger partial charge in [0.15, 0.2) is 0 Å². The summed E-state index contributed by atoms with van der Waals surface area (Å²) in [6.07, 6.45) is 0.983. The summed E-state index contributed by atoms with van der Waals surface area (Å²) in [7, 11) is 0. The zero-order valence-electron chi connectivity index (χ0n) is 36.2. The summed E-state index contributed by atoms with van der Waals surface area (Å²) >= 11 is 31.1. The van der Waals surface area contributed by atoms with Gasteiger partial charge in [-0.3, -0.25) is 48.4 Å². The Bertz CT molecular complexity index is 2870. The molecule has 8 rings (SSSR count). The minimum atomic E-state index is -0.584. The smallest absolute Gasteiger partial charge is 0.373 e. The highest BCUT2D eigenvalue weighted by atomic mass is 35.5. The molecule has 0 spiro atoms. The van der Waals surface area contributed by atoms with E-state index in [2.05, 4.69) is 0 Å².